The average Bonchev–Trinajstić information content (AvgIpc) is 3.29. The first-order valence-electron chi connectivity index (χ1n) is 12.2. The smallest absolute Gasteiger partial charge is 0.246 e. The highest BCUT2D eigenvalue weighted by molar-refractivity contribution is 5.81. The van der Waals surface area contributed by atoms with E-state index in [9.17, 15) is 4.79 Å². The molecule has 1 saturated heterocycles. The second kappa shape index (κ2) is 13.3. The largest absolute Gasteiger partial charge is 0.346 e. The highest BCUT2D eigenvalue weighted by Gasteiger charge is 2.20. The standard InChI is InChI=1S/C25H38N4O2/c1-2-3-4-5-6-7-8-9-12-20-14-16-21(17-15-20)24-28-23(31-29-24)19-27-25(30)22-13-10-11-18-26-22/h14-17,22,26H,2-13,18-19H2,1H3,(H,27,30). The van der Waals surface area contributed by atoms with Crippen LogP contribution in [0.15, 0.2) is 28.8 Å². The van der Waals surface area contributed by atoms with Gasteiger partial charge in [-0.15, -0.1) is 0 Å². The first-order chi connectivity index (χ1) is 15.3. The summed E-state index contributed by atoms with van der Waals surface area (Å²) in [6.45, 7) is 3.43. The van der Waals surface area contributed by atoms with Crippen molar-refractivity contribution in [3.63, 3.8) is 0 Å². The summed E-state index contributed by atoms with van der Waals surface area (Å²) in [5, 5.41) is 10.2. The minimum atomic E-state index is -0.107. The first kappa shape index (κ1) is 23.5. The van der Waals surface area contributed by atoms with Crippen molar-refractivity contribution in [2.75, 3.05) is 6.54 Å². The fourth-order valence-corrected chi connectivity index (χ4v) is 4.09. The summed E-state index contributed by atoms with van der Waals surface area (Å²) >= 11 is 0. The van der Waals surface area contributed by atoms with Crippen LogP contribution in [0.4, 0.5) is 0 Å². The number of nitrogens with zero attached hydrogens (tertiary/aromatic N) is 2. The topological polar surface area (TPSA) is 80.0 Å². The predicted molar refractivity (Wildman–Crippen MR) is 124 cm³/mol. The van der Waals surface area contributed by atoms with Gasteiger partial charge in [-0.3, -0.25) is 4.79 Å². The van der Waals surface area contributed by atoms with Crippen molar-refractivity contribution in [2.45, 2.75) is 96.6 Å². The van der Waals surface area contributed by atoms with E-state index < -0.39 is 0 Å². The molecule has 1 atom stereocenters. The van der Waals surface area contributed by atoms with Crippen molar-refractivity contribution in [1.82, 2.24) is 20.8 Å². The molecule has 0 saturated carbocycles. The van der Waals surface area contributed by atoms with E-state index in [1.807, 2.05) is 0 Å². The van der Waals surface area contributed by atoms with Gasteiger partial charge in [-0.2, -0.15) is 4.98 Å². The third-order valence-electron chi connectivity index (χ3n) is 6.04. The number of piperidine rings is 1. The van der Waals surface area contributed by atoms with Gasteiger partial charge in [0.25, 0.3) is 0 Å². The van der Waals surface area contributed by atoms with E-state index in [1.165, 1.54) is 56.9 Å². The van der Waals surface area contributed by atoms with Crippen LogP contribution < -0.4 is 10.6 Å². The normalized spacial score (nSPS) is 16.4. The Labute approximate surface area is 186 Å². The SMILES string of the molecule is CCCCCCCCCCc1ccc(-c2noc(CNC(=O)C3CCCCN3)n2)cc1. The summed E-state index contributed by atoms with van der Waals surface area (Å²) < 4.78 is 5.32. The van der Waals surface area contributed by atoms with Crippen LogP contribution in [0.5, 0.6) is 0 Å². The van der Waals surface area contributed by atoms with Gasteiger partial charge in [-0.25, -0.2) is 0 Å². The monoisotopic (exact) mass is 426 g/mol. The molecule has 1 unspecified atom stereocenters. The molecule has 3 rings (SSSR count). The van der Waals surface area contributed by atoms with Crippen molar-refractivity contribution in [3.8, 4) is 11.4 Å². The molecule has 0 bridgehead atoms. The van der Waals surface area contributed by atoms with Crippen LogP contribution in [-0.2, 0) is 17.8 Å². The van der Waals surface area contributed by atoms with Crippen LogP contribution in [0.25, 0.3) is 11.4 Å². The van der Waals surface area contributed by atoms with Crippen molar-refractivity contribution >= 4 is 5.91 Å². The lowest BCUT2D eigenvalue weighted by Gasteiger charge is -2.22. The molecule has 0 spiro atoms. The number of rotatable bonds is 13. The van der Waals surface area contributed by atoms with E-state index in [2.05, 4.69) is 52.0 Å². The van der Waals surface area contributed by atoms with Gasteiger partial charge in [0, 0.05) is 5.56 Å². The van der Waals surface area contributed by atoms with E-state index in [4.69, 9.17) is 4.52 Å². The maximum atomic E-state index is 12.2. The van der Waals surface area contributed by atoms with Gasteiger partial charge < -0.3 is 15.2 Å². The predicted octanol–water partition coefficient (Wildman–Crippen LogP) is 5.18. The lowest BCUT2D eigenvalue weighted by molar-refractivity contribution is -0.123. The molecule has 0 radical (unpaired) electrons. The number of nitrogens with one attached hydrogen (secondary N) is 2. The molecule has 1 amide bonds. The fraction of sp³-hybridized carbons (Fsp3) is 0.640. The Morgan fingerprint density at radius 1 is 1.06 bits per heavy atom. The summed E-state index contributed by atoms with van der Waals surface area (Å²) in [5.74, 6) is 1.01. The Morgan fingerprint density at radius 2 is 1.81 bits per heavy atom. The van der Waals surface area contributed by atoms with Crippen molar-refractivity contribution in [3.05, 3.63) is 35.7 Å². The molecule has 31 heavy (non-hydrogen) atoms. The number of benzene rings is 1. The molecule has 1 fully saturated rings. The minimum absolute atomic E-state index is 0.00441. The number of aryl methyl sites for hydroxylation is 1. The second-order valence-corrected chi connectivity index (χ2v) is 8.65. The Hall–Kier alpha value is -2.21. The fourth-order valence-electron chi connectivity index (χ4n) is 4.09. The molecule has 1 aromatic heterocycles. The van der Waals surface area contributed by atoms with Crippen molar-refractivity contribution in [2.24, 2.45) is 0 Å². The Kier molecular flexibility index (Phi) is 10.0. The first-order valence-corrected chi connectivity index (χ1v) is 12.2. The highest BCUT2D eigenvalue weighted by Crippen LogP contribution is 2.18. The van der Waals surface area contributed by atoms with Crippen LogP contribution in [0.3, 0.4) is 0 Å². The minimum Gasteiger partial charge on any atom is -0.346 e. The van der Waals surface area contributed by atoms with Crippen LogP contribution >= 0.6 is 0 Å². The number of hydrogen-bond donors (Lipinski definition) is 2. The molecule has 2 N–H and O–H groups in total. The molecule has 0 aliphatic carbocycles. The van der Waals surface area contributed by atoms with Gasteiger partial charge in [0.2, 0.25) is 17.6 Å². The van der Waals surface area contributed by atoms with Gasteiger partial charge in [0.1, 0.15) is 0 Å². The lowest BCUT2D eigenvalue weighted by atomic mass is 10.0. The van der Waals surface area contributed by atoms with E-state index in [1.54, 1.807) is 0 Å². The third kappa shape index (κ3) is 8.09. The highest BCUT2D eigenvalue weighted by atomic mass is 16.5. The van der Waals surface area contributed by atoms with Gasteiger partial charge >= 0.3 is 0 Å². The summed E-state index contributed by atoms with van der Waals surface area (Å²) in [7, 11) is 0. The van der Waals surface area contributed by atoms with Crippen LogP contribution in [0.2, 0.25) is 0 Å². The quantitative estimate of drug-likeness (QED) is 0.432. The molecular weight excluding hydrogens is 388 g/mol. The number of carbonyl (C=O) groups excluding carboxylic acids is 1. The lowest BCUT2D eigenvalue weighted by Crippen LogP contribution is -2.46. The zero-order valence-corrected chi connectivity index (χ0v) is 19.0. The van der Waals surface area contributed by atoms with E-state index in [0.29, 0.717) is 11.7 Å². The zero-order valence-electron chi connectivity index (χ0n) is 19.0. The van der Waals surface area contributed by atoms with Gasteiger partial charge in [-0.1, -0.05) is 87.7 Å². The number of carbonyl (C=O) groups is 1. The molecule has 1 aliphatic rings. The van der Waals surface area contributed by atoms with E-state index in [-0.39, 0.29) is 18.5 Å². The number of amides is 1. The van der Waals surface area contributed by atoms with Crippen molar-refractivity contribution < 1.29 is 9.32 Å². The van der Waals surface area contributed by atoms with Crippen LogP contribution in [-0.4, -0.2) is 28.6 Å². The Morgan fingerprint density at radius 3 is 2.52 bits per heavy atom. The molecule has 2 aromatic rings. The molecular formula is C25H38N4O2. The number of unbranched alkanes of at least 4 members (excludes halogenated alkanes) is 7. The van der Waals surface area contributed by atoms with Gasteiger partial charge in [0.05, 0.1) is 12.6 Å². The van der Waals surface area contributed by atoms with Crippen LogP contribution in [0.1, 0.15) is 89.0 Å². The Bertz CT molecular complexity index is 766. The number of hydrogen-bond acceptors (Lipinski definition) is 5. The van der Waals surface area contributed by atoms with Crippen LogP contribution in [0, 0.1) is 0 Å². The second-order valence-electron chi connectivity index (χ2n) is 8.65. The van der Waals surface area contributed by atoms with Gasteiger partial charge in [-0.05, 0) is 37.8 Å². The maximum absolute atomic E-state index is 12.2. The zero-order chi connectivity index (χ0) is 21.7. The maximum Gasteiger partial charge on any atom is 0.246 e. The van der Waals surface area contributed by atoms with Gasteiger partial charge in [0.15, 0.2) is 0 Å². The molecule has 1 aromatic carbocycles. The molecule has 170 valence electrons. The summed E-state index contributed by atoms with van der Waals surface area (Å²) in [6, 6.07) is 8.31. The third-order valence-corrected chi connectivity index (χ3v) is 6.04. The Balaban J connectivity index is 1.37. The molecule has 1 aliphatic heterocycles. The van der Waals surface area contributed by atoms with E-state index in [0.717, 1.165) is 37.8 Å². The van der Waals surface area contributed by atoms with Crippen molar-refractivity contribution in [1.29, 1.82) is 0 Å². The average molecular weight is 427 g/mol. The summed E-state index contributed by atoms with van der Waals surface area (Å²) in [5.41, 5.74) is 2.29. The van der Waals surface area contributed by atoms with E-state index >= 15 is 0 Å². The summed E-state index contributed by atoms with van der Waals surface area (Å²) in [6.07, 6.45) is 15.0. The molecule has 6 nitrogen and oxygen atoms in total. The molecule has 6 heteroatoms. The number of aromatic nitrogens is 2. The summed E-state index contributed by atoms with van der Waals surface area (Å²) in [4.78, 5) is 16.6. The molecule has 2 heterocycles.